The number of H-pyrrole nitrogens is 1. The number of amides is 2. The Balaban J connectivity index is 1.53. The maximum Gasteiger partial charge on any atom is 0.390 e. The van der Waals surface area contributed by atoms with Crippen molar-refractivity contribution in [2.75, 3.05) is 23.3 Å². The summed E-state index contributed by atoms with van der Waals surface area (Å²) in [6.07, 6.45) is 4.12. The van der Waals surface area contributed by atoms with Crippen LogP contribution in [0, 0.1) is 16.0 Å². The van der Waals surface area contributed by atoms with Crippen LogP contribution in [0.15, 0.2) is 30.6 Å². The molecule has 192 valence electrons. The second kappa shape index (κ2) is 9.44. The number of anilines is 2. The lowest BCUT2D eigenvalue weighted by molar-refractivity contribution is -0.390. The molecule has 0 radical (unpaired) electrons. The maximum atomic E-state index is 12.6. The Hall–Kier alpha value is -4.62. The molecule has 37 heavy (non-hydrogen) atoms. The van der Waals surface area contributed by atoms with Crippen LogP contribution in [0.3, 0.4) is 0 Å². The highest BCUT2D eigenvalue weighted by molar-refractivity contribution is 6.40. The Morgan fingerprint density at radius 2 is 1.97 bits per heavy atom. The van der Waals surface area contributed by atoms with Crippen LogP contribution < -0.4 is 15.5 Å². The molecule has 4 aromatic heterocycles. The van der Waals surface area contributed by atoms with Gasteiger partial charge in [-0.2, -0.15) is 0 Å². The first kappa shape index (κ1) is 24.1. The van der Waals surface area contributed by atoms with E-state index in [2.05, 4.69) is 42.8 Å². The molecular formula is C23H26N10O4. The molecule has 2 amide bonds. The fourth-order valence-corrected chi connectivity index (χ4v) is 4.64. The van der Waals surface area contributed by atoms with Gasteiger partial charge in [0, 0.05) is 43.0 Å². The van der Waals surface area contributed by atoms with Crippen LogP contribution in [0.2, 0.25) is 0 Å². The molecule has 2 atom stereocenters. The van der Waals surface area contributed by atoms with E-state index in [0.29, 0.717) is 35.8 Å². The largest absolute Gasteiger partial charge is 0.390 e. The zero-order valence-corrected chi connectivity index (χ0v) is 20.5. The minimum atomic E-state index is -0.788. The first-order chi connectivity index (χ1) is 17.7. The van der Waals surface area contributed by atoms with Gasteiger partial charge in [0.1, 0.15) is 5.82 Å². The molecule has 0 aromatic carbocycles. The van der Waals surface area contributed by atoms with E-state index in [9.17, 15) is 19.7 Å². The first-order valence-corrected chi connectivity index (χ1v) is 11.9. The summed E-state index contributed by atoms with van der Waals surface area (Å²) < 4.78 is 1.98. The zero-order chi connectivity index (χ0) is 26.3. The van der Waals surface area contributed by atoms with Gasteiger partial charge in [-0.15, -0.1) is 0 Å². The number of aromatic amines is 1. The van der Waals surface area contributed by atoms with Crippen molar-refractivity contribution in [1.82, 2.24) is 35.3 Å². The van der Waals surface area contributed by atoms with Crippen LogP contribution in [0.4, 0.5) is 17.5 Å². The van der Waals surface area contributed by atoms with Crippen molar-refractivity contribution in [1.29, 1.82) is 0 Å². The monoisotopic (exact) mass is 506 g/mol. The van der Waals surface area contributed by atoms with E-state index in [4.69, 9.17) is 0 Å². The third kappa shape index (κ3) is 4.52. The minimum Gasteiger partial charge on any atom is -0.358 e. The number of pyridine rings is 1. The van der Waals surface area contributed by atoms with Crippen LogP contribution >= 0.6 is 0 Å². The minimum absolute atomic E-state index is 0.0936. The molecule has 1 fully saturated rings. The van der Waals surface area contributed by atoms with Gasteiger partial charge in [-0.3, -0.25) is 19.4 Å². The van der Waals surface area contributed by atoms with E-state index in [1.165, 1.54) is 6.07 Å². The molecule has 3 N–H and O–H groups in total. The highest BCUT2D eigenvalue weighted by atomic mass is 16.6. The first-order valence-electron chi connectivity index (χ1n) is 11.9. The Morgan fingerprint density at radius 3 is 2.68 bits per heavy atom. The van der Waals surface area contributed by atoms with Crippen molar-refractivity contribution >= 4 is 51.2 Å². The molecule has 0 unspecified atom stereocenters. The van der Waals surface area contributed by atoms with Crippen molar-refractivity contribution in [3.8, 4) is 0 Å². The highest BCUT2D eigenvalue weighted by Crippen LogP contribution is 2.36. The maximum absolute atomic E-state index is 12.6. The SMILES string of the molecule is CC(C)NC(=O)C(=O)Nc1[nH]n([C@H]2CN(c3ccc([N+](=O)[O-])nn3)CC[C@H]2C)c2c1cnc1nccc12. The number of carbonyl (C=O) groups is 2. The molecule has 0 saturated carbocycles. The average Bonchev–Trinajstić information content (AvgIpc) is 3.48. The van der Waals surface area contributed by atoms with Crippen molar-refractivity contribution in [3.63, 3.8) is 0 Å². The van der Waals surface area contributed by atoms with Crippen LogP contribution in [0.5, 0.6) is 0 Å². The predicted molar refractivity (Wildman–Crippen MR) is 135 cm³/mol. The molecule has 0 spiro atoms. The summed E-state index contributed by atoms with van der Waals surface area (Å²) >= 11 is 0. The molecular weight excluding hydrogens is 480 g/mol. The van der Waals surface area contributed by atoms with E-state index in [-0.39, 0.29) is 23.8 Å². The third-order valence-electron chi connectivity index (χ3n) is 6.51. The molecule has 1 aliphatic rings. The summed E-state index contributed by atoms with van der Waals surface area (Å²) in [4.78, 5) is 46.0. The zero-order valence-electron chi connectivity index (χ0n) is 20.5. The number of piperidine rings is 1. The fourth-order valence-electron chi connectivity index (χ4n) is 4.64. The summed E-state index contributed by atoms with van der Waals surface area (Å²) in [6, 6.07) is 4.52. The van der Waals surface area contributed by atoms with Gasteiger partial charge in [-0.25, -0.2) is 9.97 Å². The van der Waals surface area contributed by atoms with Crippen LogP contribution in [-0.2, 0) is 9.59 Å². The van der Waals surface area contributed by atoms with Gasteiger partial charge in [-0.1, -0.05) is 6.92 Å². The van der Waals surface area contributed by atoms with Crippen LogP contribution in [-0.4, -0.2) is 65.8 Å². The average molecular weight is 507 g/mol. The number of hydrogen-bond donors (Lipinski definition) is 3. The molecule has 14 nitrogen and oxygen atoms in total. The smallest absolute Gasteiger partial charge is 0.358 e. The van der Waals surface area contributed by atoms with E-state index >= 15 is 0 Å². The van der Waals surface area contributed by atoms with E-state index < -0.39 is 16.7 Å². The normalized spacial score (nSPS) is 17.9. The van der Waals surface area contributed by atoms with Gasteiger partial charge < -0.3 is 25.6 Å². The van der Waals surface area contributed by atoms with Gasteiger partial charge >= 0.3 is 17.6 Å². The lowest BCUT2D eigenvalue weighted by Gasteiger charge is -2.38. The van der Waals surface area contributed by atoms with Gasteiger partial charge in [-0.05, 0) is 48.3 Å². The molecule has 1 aliphatic heterocycles. The van der Waals surface area contributed by atoms with Crippen LogP contribution in [0.1, 0.15) is 33.2 Å². The summed E-state index contributed by atoms with van der Waals surface area (Å²) in [5.74, 6) is -0.705. The summed E-state index contributed by atoms with van der Waals surface area (Å²) in [7, 11) is 0. The van der Waals surface area contributed by atoms with Crippen molar-refractivity contribution < 1.29 is 14.5 Å². The number of fused-ring (bicyclic) bond motifs is 3. The van der Waals surface area contributed by atoms with E-state index in [1.54, 1.807) is 32.3 Å². The molecule has 0 aliphatic carbocycles. The lowest BCUT2D eigenvalue weighted by Crippen LogP contribution is -2.41. The highest BCUT2D eigenvalue weighted by Gasteiger charge is 2.32. The molecule has 4 aromatic rings. The Bertz CT molecular complexity index is 1490. The van der Waals surface area contributed by atoms with E-state index in [0.717, 1.165) is 17.3 Å². The quantitative estimate of drug-likeness (QED) is 0.208. The molecule has 5 heterocycles. The molecule has 0 bridgehead atoms. The number of carbonyl (C=O) groups excluding carboxylic acids is 2. The van der Waals surface area contributed by atoms with Gasteiger partial charge in [0.05, 0.1) is 22.0 Å². The predicted octanol–water partition coefficient (Wildman–Crippen LogP) is 2.16. The number of rotatable bonds is 5. The van der Waals surface area contributed by atoms with E-state index in [1.807, 2.05) is 15.6 Å². The Morgan fingerprint density at radius 1 is 1.16 bits per heavy atom. The lowest BCUT2D eigenvalue weighted by atomic mass is 9.93. The van der Waals surface area contributed by atoms with Crippen molar-refractivity contribution in [2.45, 2.75) is 39.3 Å². The third-order valence-corrected chi connectivity index (χ3v) is 6.51. The van der Waals surface area contributed by atoms with Gasteiger partial charge in [0.25, 0.3) is 0 Å². The van der Waals surface area contributed by atoms with Gasteiger partial charge in [0.2, 0.25) is 0 Å². The topological polar surface area (TPSA) is 177 Å². The summed E-state index contributed by atoms with van der Waals surface area (Å²) in [5, 5.41) is 28.8. The number of hydrogen-bond acceptors (Lipinski definition) is 9. The second-order valence-corrected chi connectivity index (χ2v) is 9.43. The molecule has 1 saturated heterocycles. The number of nitrogens with one attached hydrogen (secondary N) is 3. The Kier molecular flexibility index (Phi) is 6.15. The summed E-state index contributed by atoms with van der Waals surface area (Å²) in [5.41, 5.74) is 1.37. The second-order valence-electron chi connectivity index (χ2n) is 9.43. The van der Waals surface area contributed by atoms with Crippen molar-refractivity contribution in [2.24, 2.45) is 5.92 Å². The number of nitrogens with zero attached hydrogens (tertiary/aromatic N) is 7. The van der Waals surface area contributed by atoms with Crippen molar-refractivity contribution in [3.05, 3.63) is 40.7 Å². The Labute approximate surface area is 210 Å². The number of aromatic nitrogens is 6. The van der Waals surface area contributed by atoms with Gasteiger partial charge in [0.15, 0.2) is 11.5 Å². The fraction of sp³-hybridized carbons (Fsp3) is 0.391. The van der Waals surface area contributed by atoms with Crippen LogP contribution in [0.25, 0.3) is 21.9 Å². The molecule has 5 rings (SSSR count). The summed E-state index contributed by atoms with van der Waals surface area (Å²) in [6.45, 7) is 6.93. The standard InChI is InChI=1S/C23H26N10O4/c1-12(2)26-22(34)23(35)27-21-15-10-25-20-14(6-8-24-20)19(15)32(30-21)16-11-31(9-7-13(16)3)17-4-5-18(29-28-17)33(36)37/h4-6,8,10,12-13,16,30H,7,9,11H2,1-3H3,(H,26,34)(H,27,35)/t13-,16+/m1/s1. The molecule has 14 heteroatoms. The number of nitro groups is 1.